The standard InChI is InChI=1S/C19H17F4N5.3CH2O2/c20-15-12-14(19(21,22)23)1-2-16(15)27-7-9-28(10-8-27)17-11-13(3-4-24-17)18-25-5-6-26-18;3*2-1-3/h1-6,11-12H,7-10H2,(H,25,26);3*1H,(H,2,3). The molecule has 0 aliphatic carbocycles. The van der Waals surface area contributed by atoms with E-state index in [2.05, 4.69) is 19.9 Å². The van der Waals surface area contributed by atoms with E-state index in [0.29, 0.717) is 32.2 Å². The molecule has 1 aliphatic rings. The lowest BCUT2D eigenvalue weighted by atomic mass is 10.1. The lowest BCUT2D eigenvalue weighted by molar-refractivity contribution is -0.137. The van der Waals surface area contributed by atoms with Crippen LogP contribution in [0.3, 0.4) is 0 Å². The smallest absolute Gasteiger partial charge is 0.416 e. The molecule has 0 bridgehead atoms. The van der Waals surface area contributed by atoms with Crippen LogP contribution in [-0.2, 0) is 20.6 Å². The molecule has 3 aromatic rings. The average molecular weight is 529 g/mol. The topological polar surface area (TPSA) is 160 Å². The largest absolute Gasteiger partial charge is 0.483 e. The van der Waals surface area contributed by atoms with Gasteiger partial charge in [0.1, 0.15) is 17.5 Å². The van der Waals surface area contributed by atoms with E-state index in [-0.39, 0.29) is 25.1 Å². The van der Waals surface area contributed by atoms with E-state index in [4.69, 9.17) is 29.7 Å². The second kappa shape index (κ2) is 15.3. The number of nitrogens with one attached hydrogen (secondary N) is 1. The Kier molecular flexibility index (Phi) is 12.6. The van der Waals surface area contributed by atoms with Gasteiger partial charge in [0.15, 0.2) is 0 Å². The summed E-state index contributed by atoms with van der Waals surface area (Å²) in [5.74, 6) is 0.664. The van der Waals surface area contributed by atoms with Crippen LogP contribution < -0.4 is 9.80 Å². The molecule has 4 rings (SSSR count). The summed E-state index contributed by atoms with van der Waals surface area (Å²) in [6.07, 6.45) is 0.567. The number of H-pyrrole nitrogens is 1. The monoisotopic (exact) mass is 529 g/mol. The highest BCUT2D eigenvalue weighted by molar-refractivity contribution is 5.60. The molecule has 0 atom stereocenters. The highest BCUT2D eigenvalue weighted by atomic mass is 19.4. The van der Waals surface area contributed by atoms with Gasteiger partial charge in [-0.3, -0.25) is 14.4 Å². The SMILES string of the molecule is Fc1cc(C(F)(F)F)ccc1N1CCN(c2cc(-c3ncc[nH]3)ccn2)CC1.O=CO.O=CO.O=CO. The van der Waals surface area contributed by atoms with Crippen molar-refractivity contribution >= 4 is 30.9 Å². The number of alkyl halides is 3. The number of hydrogen-bond donors (Lipinski definition) is 4. The Balaban J connectivity index is 0.000000670. The third kappa shape index (κ3) is 9.46. The van der Waals surface area contributed by atoms with Crippen molar-refractivity contribution in [2.75, 3.05) is 36.0 Å². The molecule has 15 heteroatoms. The molecule has 200 valence electrons. The molecular formula is C22H23F4N5O6. The van der Waals surface area contributed by atoms with Crippen molar-refractivity contribution in [2.45, 2.75) is 6.18 Å². The molecule has 0 radical (unpaired) electrons. The van der Waals surface area contributed by atoms with E-state index in [1.54, 1.807) is 23.5 Å². The van der Waals surface area contributed by atoms with Crippen LogP contribution in [0.1, 0.15) is 5.56 Å². The molecule has 1 aliphatic heterocycles. The van der Waals surface area contributed by atoms with Gasteiger partial charge in [-0.2, -0.15) is 13.2 Å². The normalized spacial score (nSPS) is 12.4. The first kappa shape index (κ1) is 30.3. The molecule has 37 heavy (non-hydrogen) atoms. The molecule has 4 N–H and O–H groups in total. The van der Waals surface area contributed by atoms with Crippen molar-refractivity contribution in [3.05, 3.63) is 60.3 Å². The van der Waals surface area contributed by atoms with Gasteiger partial charge in [-0.05, 0) is 30.3 Å². The Morgan fingerprint density at radius 2 is 1.41 bits per heavy atom. The number of hydrogen-bond acceptors (Lipinski definition) is 7. The zero-order valence-corrected chi connectivity index (χ0v) is 19.0. The number of benzene rings is 1. The van der Waals surface area contributed by atoms with Crippen molar-refractivity contribution in [3.8, 4) is 11.4 Å². The van der Waals surface area contributed by atoms with Gasteiger partial charge in [-0.25, -0.2) is 14.4 Å². The Morgan fingerprint density at radius 1 is 0.838 bits per heavy atom. The second-order valence-electron chi connectivity index (χ2n) is 6.79. The number of pyridine rings is 1. The zero-order chi connectivity index (χ0) is 27.8. The summed E-state index contributed by atoms with van der Waals surface area (Å²) in [6, 6.07) is 6.45. The Morgan fingerprint density at radius 3 is 1.89 bits per heavy atom. The first-order valence-electron chi connectivity index (χ1n) is 10.2. The molecule has 1 aromatic carbocycles. The Bertz CT molecular complexity index is 1090. The van der Waals surface area contributed by atoms with Gasteiger partial charge in [-0.15, -0.1) is 0 Å². The van der Waals surface area contributed by atoms with Crippen LogP contribution in [0.25, 0.3) is 11.4 Å². The number of rotatable bonds is 3. The van der Waals surface area contributed by atoms with Crippen LogP contribution in [0.2, 0.25) is 0 Å². The van der Waals surface area contributed by atoms with Crippen molar-refractivity contribution in [3.63, 3.8) is 0 Å². The van der Waals surface area contributed by atoms with Gasteiger partial charge in [0.25, 0.3) is 19.4 Å². The predicted octanol–water partition coefficient (Wildman–Crippen LogP) is 3.06. The number of aromatic amines is 1. The minimum atomic E-state index is -4.55. The lowest BCUT2D eigenvalue weighted by Gasteiger charge is -2.37. The summed E-state index contributed by atoms with van der Waals surface area (Å²) in [4.78, 5) is 40.6. The van der Waals surface area contributed by atoms with E-state index < -0.39 is 17.6 Å². The summed E-state index contributed by atoms with van der Waals surface area (Å²) < 4.78 is 52.4. The molecule has 0 spiro atoms. The Labute approximate surface area is 207 Å². The number of halogens is 4. The number of carboxylic acid groups (broad SMARTS) is 3. The molecule has 0 saturated carbocycles. The molecule has 0 unspecified atom stereocenters. The number of nitrogens with zero attached hydrogens (tertiary/aromatic N) is 4. The Hall–Kier alpha value is -4.69. The fraction of sp³-hybridized carbons (Fsp3) is 0.227. The highest BCUT2D eigenvalue weighted by Crippen LogP contribution is 2.32. The lowest BCUT2D eigenvalue weighted by Crippen LogP contribution is -2.47. The van der Waals surface area contributed by atoms with Crippen LogP contribution in [0.5, 0.6) is 0 Å². The number of imidazole rings is 1. The van der Waals surface area contributed by atoms with Gasteiger partial charge < -0.3 is 30.1 Å². The first-order valence-corrected chi connectivity index (χ1v) is 10.2. The van der Waals surface area contributed by atoms with Crippen molar-refractivity contribution < 1.29 is 47.3 Å². The number of anilines is 2. The predicted molar refractivity (Wildman–Crippen MR) is 124 cm³/mol. The minimum absolute atomic E-state index is 0.185. The number of carbonyl (C=O) groups is 3. The van der Waals surface area contributed by atoms with E-state index in [0.717, 1.165) is 23.3 Å². The highest BCUT2D eigenvalue weighted by Gasteiger charge is 2.32. The molecule has 3 heterocycles. The van der Waals surface area contributed by atoms with E-state index in [1.807, 2.05) is 12.1 Å². The van der Waals surface area contributed by atoms with E-state index >= 15 is 0 Å². The number of aromatic nitrogens is 3. The first-order chi connectivity index (χ1) is 17.7. The van der Waals surface area contributed by atoms with Gasteiger partial charge in [-0.1, -0.05) is 0 Å². The fourth-order valence-corrected chi connectivity index (χ4v) is 3.28. The zero-order valence-electron chi connectivity index (χ0n) is 19.0. The minimum Gasteiger partial charge on any atom is -0.483 e. The van der Waals surface area contributed by atoms with Gasteiger partial charge >= 0.3 is 6.18 Å². The summed E-state index contributed by atoms with van der Waals surface area (Å²) in [6.45, 7) is 1.37. The van der Waals surface area contributed by atoms with Gasteiger partial charge in [0.05, 0.1) is 11.3 Å². The molecule has 1 saturated heterocycles. The average Bonchev–Trinajstić information content (AvgIpc) is 3.41. The van der Waals surface area contributed by atoms with E-state index in [1.165, 1.54) is 6.07 Å². The van der Waals surface area contributed by atoms with Gasteiger partial charge in [0.2, 0.25) is 0 Å². The maximum absolute atomic E-state index is 14.2. The van der Waals surface area contributed by atoms with Crippen LogP contribution in [0, 0.1) is 5.82 Å². The molecular weight excluding hydrogens is 506 g/mol. The molecule has 2 aromatic heterocycles. The summed E-state index contributed by atoms with van der Waals surface area (Å²) >= 11 is 0. The van der Waals surface area contributed by atoms with Crippen molar-refractivity contribution in [1.29, 1.82) is 0 Å². The third-order valence-corrected chi connectivity index (χ3v) is 4.74. The molecule has 1 fully saturated rings. The van der Waals surface area contributed by atoms with Crippen LogP contribution in [0.4, 0.5) is 29.1 Å². The van der Waals surface area contributed by atoms with E-state index in [9.17, 15) is 17.6 Å². The summed E-state index contributed by atoms with van der Waals surface area (Å²) in [5.41, 5.74) is 0.113. The summed E-state index contributed by atoms with van der Waals surface area (Å²) in [5, 5.41) is 20.7. The van der Waals surface area contributed by atoms with Crippen molar-refractivity contribution in [2.24, 2.45) is 0 Å². The van der Waals surface area contributed by atoms with Crippen LogP contribution in [-0.4, -0.2) is 75.9 Å². The maximum atomic E-state index is 14.2. The molecule has 11 nitrogen and oxygen atoms in total. The third-order valence-electron chi connectivity index (χ3n) is 4.74. The van der Waals surface area contributed by atoms with Crippen LogP contribution >= 0.6 is 0 Å². The van der Waals surface area contributed by atoms with Gasteiger partial charge in [0, 0.05) is 50.3 Å². The second-order valence-corrected chi connectivity index (χ2v) is 6.79. The number of piperazine rings is 1. The summed E-state index contributed by atoms with van der Waals surface area (Å²) in [7, 11) is 0. The fourth-order valence-electron chi connectivity index (χ4n) is 3.28. The van der Waals surface area contributed by atoms with Crippen LogP contribution in [0.15, 0.2) is 48.9 Å². The van der Waals surface area contributed by atoms with Crippen molar-refractivity contribution in [1.82, 2.24) is 15.0 Å². The maximum Gasteiger partial charge on any atom is 0.416 e. The molecule has 0 amide bonds. The quantitative estimate of drug-likeness (QED) is 0.293.